The SMILES string of the molecule is Cc1cc(NCC(O)c2cnn(C)c2)nc(-c2cccnc2)n1. The molecule has 0 aromatic carbocycles. The molecule has 1 unspecified atom stereocenters. The molecule has 118 valence electrons. The van der Waals surface area contributed by atoms with E-state index in [2.05, 4.69) is 25.4 Å². The second-order valence-electron chi connectivity index (χ2n) is 5.30. The highest BCUT2D eigenvalue weighted by Gasteiger charge is 2.11. The van der Waals surface area contributed by atoms with E-state index < -0.39 is 6.10 Å². The van der Waals surface area contributed by atoms with Crippen LogP contribution in [-0.4, -0.2) is 36.4 Å². The molecule has 0 aliphatic rings. The van der Waals surface area contributed by atoms with Crippen LogP contribution in [0, 0.1) is 6.92 Å². The average Bonchev–Trinajstić information content (AvgIpc) is 2.99. The summed E-state index contributed by atoms with van der Waals surface area (Å²) in [6.45, 7) is 2.25. The highest BCUT2D eigenvalue weighted by Crippen LogP contribution is 2.18. The van der Waals surface area contributed by atoms with Crippen LogP contribution in [0.15, 0.2) is 43.0 Å². The van der Waals surface area contributed by atoms with E-state index in [-0.39, 0.29) is 0 Å². The second kappa shape index (κ2) is 6.53. The Kier molecular flexibility index (Phi) is 4.29. The van der Waals surface area contributed by atoms with Crippen LogP contribution in [0.2, 0.25) is 0 Å². The van der Waals surface area contributed by atoms with Gasteiger partial charge in [-0.15, -0.1) is 0 Å². The first kappa shape index (κ1) is 15.1. The molecule has 3 aromatic rings. The Labute approximate surface area is 134 Å². The summed E-state index contributed by atoms with van der Waals surface area (Å²) in [5.74, 6) is 1.27. The Balaban J connectivity index is 1.74. The van der Waals surface area contributed by atoms with Gasteiger partial charge in [-0.3, -0.25) is 9.67 Å². The van der Waals surface area contributed by atoms with Crippen molar-refractivity contribution in [2.75, 3.05) is 11.9 Å². The second-order valence-corrected chi connectivity index (χ2v) is 5.30. The summed E-state index contributed by atoms with van der Waals surface area (Å²) in [6.07, 6.45) is 6.23. The third-order valence-electron chi connectivity index (χ3n) is 3.36. The molecule has 0 saturated carbocycles. The fourth-order valence-electron chi connectivity index (χ4n) is 2.21. The third kappa shape index (κ3) is 3.70. The number of rotatable bonds is 5. The van der Waals surface area contributed by atoms with Gasteiger partial charge in [0.1, 0.15) is 5.82 Å². The summed E-state index contributed by atoms with van der Waals surface area (Å²) in [5, 5.41) is 17.4. The fourth-order valence-corrected chi connectivity index (χ4v) is 2.21. The molecule has 0 spiro atoms. The van der Waals surface area contributed by atoms with Crippen molar-refractivity contribution < 1.29 is 5.11 Å². The molecule has 0 radical (unpaired) electrons. The topological polar surface area (TPSA) is 88.8 Å². The molecule has 3 heterocycles. The Bertz CT molecular complexity index is 786. The minimum atomic E-state index is -0.652. The lowest BCUT2D eigenvalue weighted by Crippen LogP contribution is -2.13. The number of nitrogens with one attached hydrogen (secondary N) is 1. The van der Waals surface area contributed by atoms with Gasteiger partial charge in [0.25, 0.3) is 0 Å². The highest BCUT2D eigenvalue weighted by molar-refractivity contribution is 5.56. The predicted molar refractivity (Wildman–Crippen MR) is 86.7 cm³/mol. The van der Waals surface area contributed by atoms with Gasteiger partial charge < -0.3 is 10.4 Å². The Morgan fingerprint density at radius 2 is 2.17 bits per heavy atom. The van der Waals surface area contributed by atoms with Crippen molar-refractivity contribution in [1.82, 2.24) is 24.7 Å². The number of pyridine rings is 1. The Morgan fingerprint density at radius 1 is 1.30 bits per heavy atom. The van der Waals surface area contributed by atoms with E-state index in [4.69, 9.17) is 0 Å². The molecule has 3 rings (SSSR count). The third-order valence-corrected chi connectivity index (χ3v) is 3.36. The molecule has 3 aromatic heterocycles. The van der Waals surface area contributed by atoms with E-state index in [1.165, 1.54) is 0 Å². The fraction of sp³-hybridized carbons (Fsp3) is 0.250. The van der Waals surface area contributed by atoms with Gasteiger partial charge in [0.15, 0.2) is 5.82 Å². The largest absolute Gasteiger partial charge is 0.386 e. The lowest BCUT2D eigenvalue weighted by atomic mass is 10.2. The van der Waals surface area contributed by atoms with E-state index in [0.717, 1.165) is 16.8 Å². The van der Waals surface area contributed by atoms with E-state index in [1.807, 2.05) is 32.2 Å². The quantitative estimate of drug-likeness (QED) is 0.746. The molecule has 0 fully saturated rings. The number of hydrogen-bond acceptors (Lipinski definition) is 6. The molecule has 0 aliphatic heterocycles. The number of aryl methyl sites for hydroxylation is 2. The first-order valence-corrected chi connectivity index (χ1v) is 7.28. The first-order chi connectivity index (χ1) is 11.1. The maximum Gasteiger partial charge on any atom is 0.163 e. The van der Waals surface area contributed by atoms with Gasteiger partial charge in [0.05, 0.1) is 12.3 Å². The van der Waals surface area contributed by atoms with E-state index in [1.54, 1.807) is 29.5 Å². The molecular formula is C16H18N6O. The van der Waals surface area contributed by atoms with Crippen LogP contribution < -0.4 is 5.32 Å². The number of anilines is 1. The molecule has 0 saturated heterocycles. The zero-order chi connectivity index (χ0) is 16.2. The average molecular weight is 310 g/mol. The van der Waals surface area contributed by atoms with Crippen LogP contribution in [0.25, 0.3) is 11.4 Å². The Hall–Kier alpha value is -2.80. The van der Waals surface area contributed by atoms with Crippen LogP contribution in [0.1, 0.15) is 17.4 Å². The number of hydrogen-bond donors (Lipinski definition) is 2. The normalized spacial score (nSPS) is 12.1. The molecule has 7 nitrogen and oxygen atoms in total. The first-order valence-electron chi connectivity index (χ1n) is 7.28. The van der Waals surface area contributed by atoms with Gasteiger partial charge in [-0.2, -0.15) is 5.10 Å². The van der Waals surface area contributed by atoms with E-state index in [9.17, 15) is 5.11 Å². The summed E-state index contributed by atoms with van der Waals surface area (Å²) >= 11 is 0. The molecule has 2 N–H and O–H groups in total. The minimum absolute atomic E-state index is 0.342. The molecule has 23 heavy (non-hydrogen) atoms. The van der Waals surface area contributed by atoms with Crippen molar-refractivity contribution in [2.45, 2.75) is 13.0 Å². The van der Waals surface area contributed by atoms with Crippen LogP contribution in [-0.2, 0) is 7.05 Å². The van der Waals surface area contributed by atoms with Crippen LogP contribution in [0.3, 0.4) is 0 Å². The van der Waals surface area contributed by atoms with Gasteiger partial charge in [-0.05, 0) is 19.1 Å². The van der Waals surface area contributed by atoms with Crippen LogP contribution in [0.4, 0.5) is 5.82 Å². The molecule has 0 bridgehead atoms. The van der Waals surface area contributed by atoms with Crippen molar-refractivity contribution in [3.63, 3.8) is 0 Å². The molecule has 0 amide bonds. The predicted octanol–water partition coefficient (Wildman–Crippen LogP) is 1.73. The lowest BCUT2D eigenvalue weighted by molar-refractivity contribution is 0.191. The van der Waals surface area contributed by atoms with Crippen molar-refractivity contribution in [2.24, 2.45) is 7.05 Å². The highest BCUT2D eigenvalue weighted by atomic mass is 16.3. The monoisotopic (exact) mass is 310 g/mol. The van der Waals surface area contributed by atoms with Crippen molar-refractivity contribution in [1.29, 1.82) is 0 Å². The van der Waals surface area contributed by atoms with Crippen LogP contribution >= 0.6 is 0 Å². The molecule has 0 aliphatic carbocycles. The summed E-state index contributed by atoms with van der Waals surface area (Å²) in [6, 6.07) is 5.60. The summed E-state index contributed by atoms with van der Waals surface area (Å²) < 4.78 is 1.66. The maximum atomic E-state index is 10.2. The van der Waals surface area contributed by atoms with E-state index in [0.29, 0.717) is 18.2 Å². The van der Waals surface area contributed by atoms with Gasteiger partial charge in [-0.25, -0.2) is 9.97 Å². The van der Waals surface area contributed by atoms with Gasteiger partial charge in [-0.1, -0.05) is 0 Å². The molecular weight excluding hydrogens is 292 g/mol. The summed E-state index contributed by atoms with van der Waals surface area (Å²) in [7, 11) is 1.82. The van der Waals surface area contributed by atoms with Crippen molar-refractivity contribution in [3.05, 3.63) is 54.2 Å². The van der Waals surface area contributed by atoms with Crippen molar-refractivity contribution in [3.8, 4) is 11.4 Å². The summed E-state index contributed by atoms with van der Waals surface area (Å²) in [5.41, 5.74) is 2.46. The smallest absolute Gasteiger partial charge is 0.163 e. The zero-order valence-electron chi connectivity index (χ0n) is 13.0. The number of aliphatic hydroxyl groups is 1. The standard InChI is InChI=1S/C16H18N6O/c1-11-6-15(18-9-14(23)13-8-19-22(2)10-13)21-16(20-11)12-4-3-5-17-7-12/h3-8,10,14,23H,9H2,1-2H3,(H,18,20,21). The minimum Gasteiger partial charge on any atom is -0.386 e. The Morgan fingerprint density at radius 3 is 2.87 bits per heavy atom. The summed E-state index contributed by atoms with van der Waals surface area (Å²) in [4.78, 5) is 13.0. The lowest BCUT2D eigenvalue weighted by Gasteiger charge is -2.12. The molecule has 1 atom stereocenters. The van der Waals surface area contributed by atoms with E-state index >= 15 is 0 Å². The number of nitrogens with zero attached hydrogens (tertiary/aromatic N) is 5. The van der Waals surface area contributed by atoms with Crippen LogP contribution in [0.5, 0.6) is 0 Å². The zero-order valence-corrected chi connectivity index (χ0v) is 13.0. The number of aliphatic hydroxyl groups excluding tert-OH is 1. The maximum absolute atomic E-state index is 10.2. The van der Waals surface area contributed by atoms with Gasteiger partial charge >= 0.3 is 0 Å². The van der Waals surface area contributed by atoms with Gasteiger partial charge in [0.2, 0.25) is 0 Å². The van der Waals surface area contributed by atoms with Crippen molar-refractivity contribution >= 4 is 5.82 Å². The van der Waals surface area contributed by atoms with Gasteiger partial charge in [0, 0.05) is 55.1 Å². The number of aromatic nitrogens is 5. The molecule has 7 heteroatoms.